The molecule has 1 amide bonds. The van der Waals surface area contributed by atoms with Gasteiger partial charge in [0, 0.05) is 22.7 Å². The van der Waals surface area contributed by atoms with E-state index in [-0.39, 0.29) is 12.3 Å². The molecule has 4 aromatic carbocycles. The normalized spacial score (nSPS) is 14.0. The zero-order valence-electron chi connectivity index (χ0n) is 23.8. The summed E-state index contributed by atoms with van der Waals surface area (Å²) in [4.78, 5) is 17.9. The number of hydrogen-bond acceptors (Lipinski definition) is 6. The molecule has 0 bridgehead atoms. The van der Waals surface area contributed by atoms with Crippen LogP contribution in [0.3, 0.4) is 0 Å². The minimum atomic E-state index is -0.526. The summed E-state index contributed by atoms with van der Waals surface area (Å²) in [6.45, 7) is 4.35. The Labute approximate surface area is 249 Å². The van der Waals surface area contributed by atoms with Crippen molar-refractivity contribution in [1.82, 2.24) is 20.1 Å². The molecule has 0 saturated heterocycles. The highest BCUT2D eigenvalue weighted by atomic mass is 35.5. The number of aromatic nitrogens is 3. The zero-order chi connectivity index (χ0) is 29.4. The molecule has 8 nitrogen and oxygen atoms in total. The van der Waals surface area contributed by atoms with E-state index in [1.54, 1.807) is 14.2 Å². The first-order valence-corrected chi connectivity index (χ1v) is 14.1. The third-order valence-electron chi connectivity index (χ3n) is 7.47. The second kappa shape index (κ2) is 11.3. The fraction of sp³-hybridized carbons (Fsp3) is 0.212. The monoisotopic (exact) mass is 579 g/mol. The van der Waals surface area contributed by atoms with E-state index >= 15 is 0 Å². The Morgan fingerprint density at radius 2 is 1.55 bits per heavy atom. The van der Waals surface area contributed by atoms with Crippen LogP contribution in [-0.2, 0) is 4.79 Å². The number of carbonyl (C=O) groups is 1. The number of methoxy groups -OCH3 is 2. The van der Waals surface area contributed by atoms with Crippen LogP contribution < -0.4 is 14.8 Å². The molecule has 1 atom stereocenters. The average molecular weight is 580 g/mol. The Hall–Kier alpha value is -4.69. The van der Waals surface area contributed by atoms with Gasteiger partial charge in [-0.25, -0.2) is 0 Å². The van der Waals surface area contributed by atoms with Crippen molar-refractivity contribution in [3.05, 3.63) is 101 Å². The quantitative estimate of drug-likeness (QED) is 0.238. The van der Waals surface area contributed by atoms with Gasteiger partial charge in [0.25, 0.3) is 0 Å². The maximum atomic E-state index is 12.8. The molecule has 0 saturated carbocycles. The van der Waals surface area contributed by atoms with Gasteiger partial charge in [-0.2, -0.15) is 0 Å². The minimum Gasteiger partial charge on any atom is -0.493 e. The van der Waals surface area contributed by atoms with Crippen LogP contribution in [0.5, 0.6) is 11.5 Å². The van der Waals surface area contributed by atoms with Crippen LogP contribution in [0.4, 0.5) is 0 Å². The number of aliphatic imine (C=N–C) groups is 1. The minimum absolute atomic E-state index is 0.0937. The van der Waals surface area contributed by atoms with Crippen molar-refractivity contribution in [2.24, 2.45) is 4.99 Å². The molecule has 1 N–H and O–H groups in total. The van der Waals surface area contributed by atoms with E-state index in [0.29, 0.717) is 28.9 Å². The van der Waals surface area contributed by atoms with Crippen LogP contribution >= 0.6 is 11.6 Å². The zero-order valence-corrected chi connectivity index (χ0v) is 24.6. The molecule has 42 heavy (non-hydrogen) atoms. The molecule has 0 radical (unpaired) electrons. The number of nitrogens with zero attached hydrogens (tertiary/aromatic N) is 4. The lowest BCUT2D eigenvalue weighted by atomic mass is 9.94. The van der Waals surface area contributed by atoms with Crippen molar-refractivity contribution in [2.75, 3.05) is 20.8 Å². The number of nitrogens with one attached hydrogen (secondary N) is 1. The average Bonchev–Trinajstić information content (AvgIpc) is 3.33. The van der Waals surface area contributed by atoms with Crippen molar-refractivity contribution < 1.29 is 14.3 Å². The van der Waals surface area contributed by atoms with Gasteiger partial charge >= 0.3 is 0 Å². The highest BCUT2D eigenvalue weighted by Gasteiger charge is 2.30. The molecule has 1 aliphatic heterocycles. The molecule has 5 aromatic rings. The van der Waals surface area contributed by atoms with Crippen molar-refractivity contribution in [2.45, 2.75) is 26.3 Å². The summed E-state index contributed by atoms with van der Waals surface area (Å²) in [6, 6.07) is 23.7. The number of amides is 1. The summed E-state index contributed by atoms with van der Waals surface area (Å²) >= 11 is 6.25. The van der Waals surface area contributed by atoms with Crippen molar-refractivity contribution in [1.29, 1.82) is 0 Å². The second-order valence-electron chi connectivity index (χ2n) is 10.1. The SMILES string of the molecule is CCNC(=O)CC1N=C(c2ccc(Cl)cc2)c2cc(-c3ccc4cc(OC)c(OC)cc4c3)ccc2-n2c(C)nnc21. The molecule has 1 aromatic heterocycles. The molecule has 1 aliphatic rings. The van der Waals surface area contributed by atoms with Crippen LogP contribution in [0.2, 0.25) is 5.02 Å². The fourth-order valence-electron chi connectivity index (χ4n) is 5.45. The number of benzene rings is 4. The number of halogens is 1. The van der Waals surface area contributed by atoms with Crippen molar-refractivity contribution >= 4 is 34.0 Å². The highest BCUT2D eigenvalue weighted by molar-refractivity contribution is 6.30. The van der Waals surface area contributed by atoms with E-state index in [9.17, 15) is 4.79 Å². The number of aryl methyl sites for hydroxylation is 1. The fourth-order valence-corrected chi connectivity index (χ4v) is 5.58. The number of carbonyl (C=O) groups excluding carboxylic acids is 1. The molecule has 0 spiro atoms. The van der Waals surface area contributed by atoms with E-state index in [2.05, 4.69) is 51.9 Å². The van der Waals surface area contributed by atoms with Crippen LogP contribution in [0.15, 0.2) is 77.8 Å². The van der Waals surface area contributed by atoms with E-state index in [0.717, 1.165) is 50.2 Å². The molecule has 9 heteroatoms. The first-order chi connectivity index (χ1) is 20.4. The van der Waals surface area contributed by atoms with Gasteiger partial charge in [0.05, 0.1) is 32.0 Å². The number of hydrogen-bond donors (Lipinski definition) is 1. The molecule has 2 heterocycles. The Balaban J connectivity index is 1.55. The van der Waals surface area contributed by atoms with Gasteiger partial charge < -0.3 is 14.8 Å². The number of fused-ring (bicyclic) bond motifs is 4. The summed E-state index contributed by atoms with van der Waals surface area (Å²) in [6.07, 6.45) is 0.153. The topological polar surface area (TPSA) is 90.6 Å². The predicted octanol–water partition coefficient (Wildman–Crippen LogP) is 6.48. The third-order valence-corrected chi connectivity index (χ3v) is 7.72. The molecular weight excluding hydrogens is 550 g/mol. The molecule has 0 fully saturated rings. The number of rotatable bonds is 7. The predicted molar refractivity (Wildman–Crippen MR) is 165 cm³/mol. The first-order valence-electron chi connectivity index (χ1n) is 13.7. The van der Waals surface area contributed by atoms with Gasteiger partial charge in [-0.15, -0.1) is 10.2 Å². The lowest BCUT2D eigenvalue weighted by molar-refractivity contribution is -0.121. The van der Waals surface area contributed by atoms with Crippen molar-refractivity contribution in [3.63, 3.8) is 0 Å². The highest BCUT2D eigenvalue weighted by Crippen LogP contribution is 2.37. The summed E-state index contributed by atoms with van der Waals surface area (Å²) < 4.78 is 13.0. The van der Waals surface area contributed by atoms with Gasteiger partial charge in [0.2, 0.25) is 5.91 Å². The van der Waals surface area contributed by atoms with Crippen LogP contribution in [0, 0.1) is 6.92 Å². The summed E-state index contributed by atoms with van der Waals surface area (Å²) in [5.74, 6) is 2.62. The lowest BCUT2D eigenvalue weighted by Crippen LogP contribution is -2.25. The van der Waals surface area contributed by atoms with Gasteiger partial charge in [0.15, 0.2) is 17.3 Å². The van der Waals surface area contributed by atoms with Gasteiger partial charge in [-0.3, -0.25) is 14.4 Å². The maximum absolute atomic E-state index is 12.8. The van der Waals surface area contributed by atoms with E-state index < -0.39 is 6.04 Å². The van der Waals surface area contributed by atoms with Crippen molar-refractivity contribution in [3.8, 4) is 28.3 Å². The second-order valence-corrected chi connectivity index (χ2v) is 10.5. The Bertz CT molecular complexity index is 1850. The van der Waals surface area contributed by atoms with Crippen LogP contribution in [0.1, 0.15) is 42.2 Å². The standard InChI is InChI=1S/C33H30ClN5O3/c1-5-35-31(40)18-27-33-38-37-19(2)39(33)28-13-10-22(15-26(28)32(36-27)20-8-11-25(34)12-9-20)21-6-7-23-16-29(41-3)30(42-4)17-24(23)14-21/h6-17,27H,5,18H2,1-4H3,(H,35,40). The first kappa shape index (κ1) is 27.5. The summed E-state index contributed by atoms with van der Waals surface area (Å²) in [5, 5.41) is 14.5. The Kier molecular flexibility index (Phi) is 7.39. The lowest BCUT2D eigenvalue weighted by Gasteiger charge is -2.15. The largest absolute Gasteiger partial charge is 0.493 e. The van der Waals surface area contributed by atoms with E-state index in [1.807, 2.05) is 54.8 Å². The molecule has 1 unspecified atom stereocenters. The number of ether oxygens (including phenoxy) is 2. The molecule has 0 aliphatic carbocycles. The van der Waals surface area contributed by atoms with Crippen LogP contribution in [-0.4, -0.2) is 47.1 Å². The molecule has 6 rings (SSSR count). The van der Waals surface area contributed by atoms with E-state index in [1.165, 1.54) is 0 Å². The summed E-state index contributed by atoms with van der Waals surface area (Å²) in [5.41, 5.74) is 5.51. The molecule has 212 valence electrons. The molecular formula is C33H30ClN5O3. The van der Waals surface area contributed by atoms with Gasteiger partial charge in [-0.1, -0.05) is 41.9 Å². The Morgan fingerprint density at radius 3 is 2.26 bits per heavy atom. The smallest absolute Gasteiger partial charge is 0.222 e. The Morgan fingerprint density at radius 1 is 0.881 bits per heavy atom. The van der Waals surface area contributed by atoms with Crippen LogP contribution in [0.25, 0.3) is 27.6 Å². The van der Waals surface area contributed by atoms with Gasteiger partial charge in [0.1, 0.15) is 11.9 Å². The summed E-state index contributed by atoms with van der Waals surface area (Å²) in [7, 11) is 3.27. The maximum Gasteiger partial charge on any atom is 0.222 e. The van der Waals surface area contributed by atoms with Gasteiger partial charge in [-0.05, 0) is 78.2 Å². The van der Waals surface area contributed by atoms with E-state index in [4.69, 9.17) is 26.1 Å². The third kappa shape index (κ3) is 4.99.